The molecule has 1 atom stereocenters. The quantitative estimate of drug-likeness (QED) is 0.329. The number of hydrogen-bond acceptors (Lipinski definition) is 5. The number of likely N-dealkylation sites (N-methyl/N-ethyl adjacent to an activating group) is 1. The van der Waals surface area contributed by atoms with Crippen LogP contribution in [0.4, 0.5) is 4.39 Å². The molecule has 1 aliphatic heterocycles. The number of ketones is 1. The summed E-state index contributed by atoms with van der Waals surface area (Å²) < 4.78 is 19.4. The van der Waals surface area contributed by atoms with Crippen molar-refractivity contribution in [2.24, 2.45) is 0 Å². The Balaban J connectivity index is 2.17. The zero-order valence-electron chi connectivity index (χ0n) is 21.4. The molecule has 35 heavy (non-hydrogen) atoms. The molecular formula is C28H35FN2O4. The van der Waals surface area contributed by atoms with Gasteiger partial charge in [0.25, 0.3) is 11.7 Å². The zero-order chi connectivity index (χ0) is 25.9. The number of hydrogen-bond donors (Lipinski definition) is 1. The maximum atomic E-state index is 14.1. The van der Waals surface area contributed by atoms with Crippen LogP contribution in [0.5, 0.6) is 5.75 Å². The molecule has 1 saturated heterocycles. The van der Waals surface area contributed by atoms with Crippen LogP contribution in [0.2, 0.25) is 0 Å². The zero-order valence-corrected chi connectivity index (χ0v) is 21.4. The summed E-state index contributed by atoms with van der Waals surface area (Å²) in [7, 11) is 1.40. The van der Waals surface area contributed by atoms with Crippen LogP contribution in [0.1, 0.15) is 57.4 Å². The van der Waals surface area contributed by atoms with Gasteiger partial charge in [0.15, 0.2) is 0 Å². The number of carbonyl (C=O) groups excluding carboxylic acids is 2. The Morgan fingerprint density at radius 3 is 2.26 bits per heavy atom. The Labute approximate surface area is 207 Å². The third-order valence-electron chi connectivity index (χ3n) is 6.60. The van der Waals surface area contributed by atoms with Crippen LogP contribution < -0.4 is 4.74 Å². The third kappa shape index (κ3) is 5.40. The lowest BCUT2D eigenvalue weighted by Crippen LogP contribution is -2.38. The minimum absolute atomic E-state index is 0.0329. The van der Waals surface area contributed by atoms with Crippen molar-refractivity contribution < 1.29 is 23.8 Å². The smallest absolute Gasteiger partial charge is 0.295 e. The second kappa shape index (κ2) is 10.6. The molecule has 188 valence electrons. The highest BCUT2D eigenvalue weighted by Crippen LogP contribution is 2.41. The SMILES string of the molecule is CCN(CC)CCN1C(=O)C(=O)/C(=C(/O)c2cc(F)ccc2OC)C1c1ccc(C(C)(C)C)cc1. The van der Waals surface area contributed by atoms with Gasteiger partial charge in [-0.15, -0.1) is 0 Å². The van der Waals surface area contributed by atoms with Gasteiger partial charge in [-0.2, -0.15) is 0 Å². The van der Waals surface area contributed by atoms with Crippen molar-refractivity contribution in [3.05, 3.63) is 70.5 Å². The predicted molar refractivity (Wildman–Crippen MR) is 135 cm³/mol. The molecule has 1 fully saturated rings. The van der Waals surface area contributed by atoms with E-state index >= 15 is 0 Å². The maximum absolute atomic E-state index is 14.1. The summed E-state index contributed by atoms with van der Waals surface area (Å²) in [5.74, 6) is -2.30. The van der Waals surface area contributed by atoms with Gasteiger partial charge in [0.05, 0.1) is 24.3 Å². The number of amides is 1. The molecule has 2 aromatic rings. The normalized spacial score (nSPS) is 17.9. The highest BCUT2D eigenvalue weighted by Gasteiger charge is 2.46. The molecule has 0 aliphatic carbocycles. The van der Waals surface area contributed by atoms with Gasteiger partial charge in [-0.3, -0.25) is 9.59 Å². The maximum Gasteiger partial charge on any atom is 0.295 e. The molecule has 0 bridgehead atoms. The summed E-state index contributed by atoms with van der Waals surface area (Å²) in [5.41, 5.74) is 1.70. The molecule has 1 aliphatic rings. The number of methoxy groups -OCH3 is 1. The molecule has 1 N–H and O–H groups in total. The van der Waals surface area contributed by atoms with E-state index in [9.17, 15) is 19.1 Å². The van der Waals surface area contributed by atoms with E-state index in [1.807, 2.05) is 38.1 Å². The van der Waals surface area contributed by atoms with Crippen molar-refractivity contribution in [1.29, 1.82) is 0 Å². The molecule has 0 spiro atoms. The Bertz CT molecular complexity index is 1110. The Morgan fingerprint density at radius 2 is 1.71 bits per heavy atom. The van der Waals surface area contributed by atoms with Crippen LogP contribution in [-0.2, 0) is 15.0 Å². The molecule has 2 aromatic carbocycles. The van der Waals surface area contributed by atoms with Gasteiger partial charge in [0.2, 0.25) is 0 Å². The molecule has 6 nitrogen and oxygen atoms in total. The highest BCUT2D eigenvalue weighted by molar-refractivity contribution is 6.46. The monoisotopic (exact) mass is 482 g/mol. The first kappa shape index (κ1) is 26.4. The second-order valence-corrected chi connectivity index (χ2v) is 9.74. The summed E-state index contributed by atoms with van der Waals surface area (Å²) in [6.07, 6.45) is 0. The standard InChI is InChI=1S/C28H35FN2O4/c1-7-30(8-2)15-16-31-24(18-9-11-19(12-10-18)28(3,4)5)23(26(33)27(31)34)25(32)21-17-20(29)13-14-22(21)35-6/h9-14,17,24,32H,7-8,15-16H2,1-6H3/b25-23+. The fourth-order valence-corrected chi connectivity index (χ4v) is 4.42. The molecular weight excluding hydrogens is 447 g/mol. The minimum Gasteiger partial charge on any atom is -0.507 e. The van der Waals surface area contributed by atoms with E-state index in [0.717, 1.165) is 24.7 Å². The van der Waals surface area contributed by atoms with Crippen molar-refractivity contribution in [2.45, 2.75) is 46.1 Å². The van der Waals surface area contributed by atoms with E-state index in [4.69, 9.17) is 4.74 Å². The number of ether oxygens (including phenoxy) is 1. The van der Waals surface area contributed by atoms with E-state index in [0.29, 0.717) is 18.7 Å². The number of rotatable bonds is 8. The minimum atomic E-state index is -0.799. The van der Waals surface area contributed by atoms with Gasteiger partial charge in [0.1, 0.15) is 17.3 Å². The Morgan fingerprint density at radius 1 is 1.09 bits per heavy atom. The van der Waals surface area contributed by atoms with E-state index in [1.54, 1.807) is 0 Å². The van der Waals surface area contributed by atoms with Gasteiger partial charge in [-0.1, -0.05) is 58.9 Å². The molecule has 0 aromatic heterocycles. The number of carbonyl (C=O) groups is 2. The molecule has 1 heterocycles. The first-order chi connectivity index (χ1) is 16.5. The Kier molecular flexibility index (Phi) is 8.00. The number of aliphatic hydroxyl groups excluding tert-OH is 1. The molecule has 0 saturated carbocycles. The van der Waals surface area contributed by atoms with Crippen LogP contribution in [-0.4, -0.2) is 59.9 Å². The summed E-state index contributed by atoms with van der Waals surface area (Å²) in [5, 5.41) is 11.3. The fourth-order valence-electron chi connectivity index (χ4n) is 4.42. The number of benzene rings is 2. The molecule has 1 amide bonds. The average Bonchev–Trinajstić information content (AvgIpc) is 3.08. The van der Waals surface area contributed by atoms with Crippen LogP contribution in [0, 0.1) is 5.82 Å². The lowest BCUT2D eigenvalue weighted by molar-refractivity contribution is -0.140. The number of likely N-dealkylation sites (tertiary alicyclic amines) is 1. The largest absolute Gasteiger partial charge is 0.507 e. The number of aliphatic hydroxyl groups is 1. The Hall–Kier alpha value is -3.19. The van der Waals surface area contributed by atoms with Gasteiger partial charge < -0.3 is 19.6 Å². The fraction of sp³-hybridized carbons (Fsp3) is 0.429. The first-order valence-corrected chi connectivity index (χ1v) is 12.0. The van der Waals surface area contributed by atoms with Crippen LogP contribution >= 0.6 is 0 Å². The summed E-state index contributed by atoms with van der Waals surface area (Å²) in [4.78, 5) is 30.1. The number of nitrogens with zero attached hydrogens (tertiary/aromatic N) is 2. The van der Waals surface area contributed by atoms with Crippen LogP contribution in [0.3, 0.4) is 0 Å². The first-order valence-electron chi connectivity index (χ1n) is 12.0. The van der Waals surface area contributed by atoms with Crippen molar-refractivity contribution in [1.82, 2.24) is 9.80 Å². The van der Waals surface area contributed by atoms with E-state index in [2.05, 4.69) is 25.7 Å². The van der Waals surface area contributed by atoms with Gasteiger partial charge in [0, 0.05) is 13.1 Å². The topological polar surface area (TPSA) is 70.1 Å². The molecule has 7 heteroatoms. The second-order valence-electron chi connectivity index (χ2n) is 9.74. The van der Waals surface area contributed by atoms with E-state index in [-0.39, 0.29) is 22.3 Å². The van der Waals surface area contributed by atoms with Crippen molar-refractivity contribution in [3.8, 4) is 5.75 Å². The predicted octanol–water partition coefficient (Wildman–Crippen LogP) is 4.90. The number of Topliss-reactive ketones (excluding diaryl/α,β-unsaturated/α-hetero) is 1. The van der Waals surface area contributed by atoms with Crippen molar-refractivity contribution in [2.75, 3.05) is 33.3 Å². The molecule has 0 radical (unpaired) electrons. The van der Waals surface area contributed by atoms with Crippen molar-refractivity contribution in [3.63, 3.8) is 0 Å². The summed E-state index contributed by atoms with van der Waals surface area (Å²) >= 11 is 0. The van der Waals surface area contributed by atoms with Gasteiger partial charge in [-0.05, 0) is 47.8 Å². The highest BCUT2D eigenvalue weighted by atomic mass is 19.1. The average molecular weight is 483 g/mol. The summed E-state index contributed by atoms with van der Waals surface area (Å²) in [6, 6.07) is 10.6. The lowest BCUT2D eigenvalue weighted by Gasteiger charge is -2.29. The van der Waals surface area contributed by atoms with Gasteiger partial charge >= 0.3 is 0 Å². The van der Waals surface area contributed by atoms with Gasteiger partial charge in [-0.25, -0.2) is 4.39 Å². The van der Waals surface area contributed by atoms with Crippen molar-refractivity contribution >= 4 is 17.4 Å². The molecule has 1 unspecified atom stereocenters. The summed E-state index contributed by atoms with van der Waals surface area (Å²) in [6.45, 7) is 12.9. The van der Waals surface area contributed by atoms with Crippen LogP contribution in [0.25, 0.3) is 5.76 Å². The third-order valence-corrected chi connectivity index (χ3v) is 6.60. The van der Waals surface area contributed by atoms with Crippen LogP contribution in [0.15, 0.2) is 48.0 Å². The lowest BCUT2D eigenvalue weighted by atomic mass is 9.85. The number of halogens is 1. The molecule has 3 rings (SSSR count). The van der Waals surface area contributed by atoms with E-state index in [1.165, 1.54) is 24.1 Å². The van der Waals surface area contributed by atoms with E-state index < -0.39 is 29.3 Å².